The number of aromatic nitrogens is 1. The van der Waals surface area contributed by atoms with Crippen LogP contribution in [-0.4, -0.2) is 41.6 Å². The summed E-state index contributed by atoms with van der Waals surface area (Å²) < 4.78 is 10.3. The van der Waals surface area contributed by atoms with Gasteiger partial charge in [-0.25, -0.2) is 0 Å². The van der Waals surface area contributed by atoms with E-state index in [1.54, 1.807) is 11.8 Å². The number of carbonyl (C=O) groups excluding carboxylic acids is 2. The SMILES string of the molecule is CCOC(=O)C1CCCN(C(=O)Cc2noc3ccccc23)C1. The first-order chi connectivity index (χ1) is 11.2. The summed E-state index contributed by atoms with van der Waals surface area (Å²) in [4.78, 5) is 26.1. The van der Waals surface area contributed by atoms with Crippen LogP contribution in [0.25, 0.3) is 11.0 Å². The molecule has 0 aliphatic carbocycles. The van der Waals surface area contributed by atoms with Crippen molar-refractivity contribution in [2.75, 3.05) is 19.7 Å². The van der Waals surface area contributed by atoms with Crippen molar-refractivity contribution in [1.82, 2.24) is 10.1 Å². The summed E-state index contributed by atoms with van der Waals surface area (Å²) in [6.07, 6.45) is 1.77. The standard InChI is InChI=1S/C17H20N2O4/c1-2-22-17(21)12-6-5-9-19(11-12)16(20)10-14-13-7-3-4-8-15(13)23-18-14/h3-4,7-8,12H,2,5-6,9-11H2,1H3. The summed E-state index contributed by atoms with van der Waals surface area (Å²) in [7, 11) is 0. The third-order valence-electron chi connectivity index (χ3n) is 4.16. The Labute approximate surface area is 134 Å². The van der Waals surface area contributed by atoms with E-state index >= 15 is 0 Å². The smallest absolute Gasteiger partial charge is 0.310 e. The maximum atomic E-state index is 12.5. The molecule has 23 heavy (non-hydrogen) atoms. The van der Waals surface area contributed by atoms with E-state index in [4.69, 9.17) is 9.26 Å². The number of nitrogens with zero attached hydrogens (tertiary/aromatic N) is 2. The van der Waals surface area contributed by atoms with E-state index < -0.39 is 0 Å². The Bertz CT molecular complexity index is 709. The highest BCUT2D eigenvalue weighted by Crippen LogP contribution is 2.21. The molecule has 0 radical (unpaired) electrons. The number of amides is 1. The molecule has 0 N–H and O–H groups in total. The van der Waals surface area contributed by atoms with Crippen molar-refractivity contribution >= 4 is 22.8 Å². The van der Waals surface area contributed by atoms with E-state index in [0.717, 1.165) is 18.2 Å². The summed E-state index contributed by atoms with van der Waals surface area (Å²) >= 11 is 0. The maximum Gasteiger partial charge on any atom is 0.310 e. The lowest BCUT2D eigenvalue weighted by Gasteiger charge is -2.31. The number of piperidine rings is 1. The number of hydrogen-bond acceptors (Lipinski definition) is 5. The number of carbonyl (C=O) groups is 2. The molecule has 6 nitrogen and oxygen atoms in total. The fourth-order valence-electron chi connectivity index (χ4n) is 2.98. The Morgan fingerprint density at radius 1 is 1.39 bits per heavy atom. The van der Waals surface area contributed by atoms with Crippen molar-refractivity contribution in [2.45, 2.75) is 26.2 Å². The summed E-state index contributed by atoms with van der Waals surface area (Å²) in [5.74, 6) is -0.461. The van der Waals surface area contributed by atoms with Crippen LogP contribution in [0, 0.1) is 5.92 Å². The van der Waals surface area contributed by atoms with Crippen molar-refractivity contribution in [3.8, 4) is 0 Å². The summed E-state index contributed by atoms with van der Waals surface area (Å²) in [5, 5.41) is 4.86. The molecule has 1 aromatic heterocycles. The number of likely N-dealkylation sites (tertiary alicyclic amines) is 1. The van der Waals surface area contributed by atoms with Gasteiger partial charge in [0.1, 0.15) is 5.69 Å². The lowest BCUT2D eigenvalue weighted by Crippen LogP contribution is -2.43. The zero-order chi connectivity index (χ0) is 16.2. The van der Waals surface area contributed by atoms with E-state index in [9.17, 15) is 9.59 Å². The van der Waals surface area contributed by atoms with Gasteiger partial charge in [-0.2, -0.15) is 0 Å². The molecular weight excluding hydrogens is 296 g/mol. The van der Waals surface area contributed by atoms with Crippen LogP contribution in [0.5, 0.6) is 0 Å². The van der Waals surface area contributed by atoms with Crippen molar-refractivity contribution in [3.05, 3.63) is 30.0 Å². The lowest BCUT2D eigenvalue weighted by atomic mass is 9.97. The fraction of sp³-hybridized carbons (Fsp3) is 0.471. The number of rotatable bonds is 4. The number of para-hydroxylation sites is 1. The van der Waals surface area contributed by atoms with E-state index in [0.29, 0.717) is 31.0 Å². The minimum absolute atomic E-state index is 0.0296. The van der Waals surface area contributed by atoms with Gasteiger partial charge in [-0.15, -0.1) is 0 Å². The monoisotopic (exact) mass is 316 g/mol. The summed E-state index contributed by atoms with van der Waals surface area (Å²) in [6, 6.07) is 7.49. The molecule has 1 saturated heterocycles. The maximum absolute atomic E-state index is 12.5. The normalized spacial score (nSPS) is 18.1. The van der Waals surface area contributed by atoms with Crippen molar-refractivity contribution in [3.63, 3.8) is 0 Å². The van der Waals surface area contributed by atoms with Gasteiger partial charge >= 0.3 is 5.97 Å². The molecule has 0 spiro atoms. The highest BCUT2D eigenvalue weighted by atomic mass is 16.5. The average molecular weight is 316 g/mol. The molecule has 1 unspecified atom stereocenters. The quantitative estimate of drug-likeness (QED) is 0.808. The van der Waals surface area contributed by atoms with Crippen molar-refractivity contribution < 1.29 is 18.8 Å². The molecule has 0 saturated carbocycles. The van der Waals surface area contributed by atoms with Crippen LogP contribution in [0.4, 0.5) is 0 Å². The molecule has 1 atom stereocenters. The summed E-state index contributed by atoms with van der Waals surface area (Å²) in [5.41, 5.74) is 1.32. The van der Waals surface area contributed by atoms with Crippen LogP contribution in [-0.2, 0) is 20.7 Å². The van der Waals surface area contributed by atoms with Gasteiger partial charge in [0, 0.05) is 18.5 Å². The van der Waals surface area contributed by atoms with E-state index in [-0.39, 0.29) is 24.2 Å². The third kappa shape index (κ3) is 3.36. The Morgan fingerprint density at radius 2 is 2.22 bits per heavy atom. The van der Waals surface area contributed by atoms with E-state index in [1.165, 1.54) is 0 Å². The third-order valence-corrected chi connectivity index (χ3v) is 4.16. The Hall–Kier alpha value is -2.37. The van der Waals surface area contributed by atoms with Gasteiger partial charge in [-0.1, -0.05) is 17.3 Å². The highest BCUT2D eigenvalue weighted by Gasteiger charge is 2.29. The molecule has 1 aliphatic heterocycles. The van der Waals surface area contributed by atoms with Gasteiger partial charge in [-0.05, 0) is 31.9 Å². The summed E-state index contributed by atoms with van der Waals surface area (Å²) in [6.45, 7) is 3.26. The molecule has 3 rings (SSSR count). The minimum Gasteiger partial charge on any atom is -0.466 e. The Morgan fingerprint density at radius 3 is 3.04 bits per heavy atom. The van der Waals surface area contributed by atoms with Crippen LogP contribution in [0.3, 0.4) is 0 Å². The number of benzene rings is 1. The zero-order valence-corrected chi connectivity index (χ0v) is 13.2. The van der Waals surface area contributed by atoms with Gasteiger partial charge in [0.15, 0.2) is 5.58 Å². The molecule has 1 amide bonds. The molecular formula is C17H20N2O4. The van der Waals surface area contributed by atoms with Gasteiger partial charge in [-0.3, -0.25) is 9.59 Å². The van der Waals surface area contributed by atoms with Crippen LogP contribution in [0.15, 0.2) is 28.8 Å². The fourth-order valence-corrected chi connectivity index (χ4v) is 2.98. The first kappa shape index (κ1) is 15.5. The number of fused-ring (bicyclic) bond motifs is 1. The van der Waals surface area contributed by atoms with Gasteiger partial charge in [0.25, 0.3) is 0 Å². The number of hydrogen-bond donors (Lipinski definition) is 0. The number of esters is 1. The van der Waals surface area contributed by atoms with Gasteiger partial charge in [0.05, 0.1) is 18.9 Å². The van der Waals surface area contributed by atoms with Crippen molar-refractivity contribution in [2.24, 2.45) is 5.92 Å². The van der Waals surface area contributed by atoms with Crippen LogP contribution >= 0.6 is 0 Å². The molecule has 6 heteroatoms. The molecule has 2 aromatic rings. The number of ether oxygens (including phenoxy) is 1. The molecule has 2 heterocycles. The first-order valence-electron chi connectivity index (χ1n) is 7.96. The predicted molar refractivity (Wildman–Crippen MR) is 83.7 cm³/mol. The zero-order valence-electron chi connectivity index (χ0n) is 13.2. The van der Waals surface area contributed by atoms with Gasteiger partial charge in [0.2, 0.25) is 5.91 Å². The molecule has 1 fully saturated rings. The van der Waals surface area contributed by atoms with Gasteiger partial charge < -0.3 is 14.2 Å². The molecule has 1 aliphatic rings. The molecule has 1 aromatic carbocycles. The highest BCUT2D eigenvalue weighted by molar-refractivity contribution is 5.86. The van der Waals surface area contributed by atoms with E-state index in [2.05, 4.69) is 5.16 Å². The lowest BCUT2D eigenvalue weighted by molar-refractivity contribution is -0.151. The minimum atomic E-state index is -0.221. The van der Waals surface area contributed by atoms with Crippen LogP contribution in [0.2, 0.25) is 0 Å². The van der Waals surface area contributed by atoms with E-state index in [1.807, 2.05) is 24.3 Å². The Kier molecular flexibility index (Phi) is 4.60. The predicted octanol–water partition coefficient (Wildman–Crippen LogP) is 2.17. The Balaban J connectivity index is 1.67. The second-order valence-electron chi connectivity index (χ2n) is 5.73. The average Bonchev–Trinajstić information content (AvgIpc) is 2.98. The first-order valence-corrected chi connectivity index (χ1v) is 7.96. The largest absolute Gasteiger partial charge is 0.466 e. The molecule has 0 bridgehead atoms. The second kappa shape index (κ2) is 6.81. The van der Waals surface area contributed by atoms with Crippen LogP contribution < -0.4 is 0 Å². The van der Waals surface area contributed by atoms with Crippen molar-refractivity contribution in [1.29, 1.82) is 0 Å². The molecule has 122 valence electrons. The topological polar surface area (TPSA) is 72.6 Å². The van der Waals surface area contributed by atoms with Crippen LogP contribution in [0.1, 0.15) is 25.5 Å². The second-order valence-corrected chi connectivity index (χ2v) is 5.73.